The number of amides is 1. The summed E-state index contributed by atoms with van der Waals surface area (Å²) in [5, 5.41) is 0.563. The summed E-state index contributed by atoms with van der Waals surface area (Å²) >= 11 is 5.93. The molecule has 1 amide bonds. The summed E-state index contributed by atoms with van der Waals surface area (Å²) in [5.41, 5.74) is 3.36. The second-order valence-electron chi connectivity index (χ2n) is 7.67. The van der Waals surface area contributed by atoms with Crippen molar-refractivity contribution in [3.05, 3.63) is 82.4 Å². The number of carbonyl (C=O) groups excluding carboxylic acids is 1. The Morgan fingerprint density at radius 2 is 1.81 bits per heavy atom. The molecule has 0 saturated heterocycles. The molecule has 0 aromatic heterocycles. The van der Waals surface area contributed by atoms with Crippen LogP contribution in [0.4, 0.5) is 11.4 Å². The van der Waals surface area contributed by atoms with Gasteiger partial charge in [-0.3, -0.25) is 9.52 Å². The molecule has 3 aromatic rings. The summed E-state index contributed by atoms with van der Waals surface area (Å²) in [4.78, 5) is 14.9. The zero-order valence-corrected chi connectivity index (χ0v) is 19.3. The molecule has 32 heavy (non-hydrogen) atoms. The van der Waals surface area contributed by atoms with Gasteiger partial charge in [-0.2, -0.15) is 0 Å². The molecule has 0 radical (unpaired) electrons. The lowest BCUT2D eigenvalue weighted by Crippen LogP contribution is -2.35. The van der Waals surface area contributed by atoms with Crippen LogP contribution in [0.2, 0.25) is 5.02 Å². The molecule has 0 bridgehead atoms. The number of hydrogen-bond acceptors (Lipinski definition) is 4. The molecule has 3 aromatic carbocycles. The summed E-state index contributed by atoms with van der Waals surface area (Å²) in [6.45, 7) is 2.45. The number of methoxy groups -OCH3 is 1. The second-order valence-corrected chi connectivity index (χ2v) is 9.79. The number of benzene rings is 3. The minimum absolute atomic E-state index is 0.138. The number of halogens is 1. The number of fused-ring (bicyclic) bond motifs is 1. The minimum Gasteiger partial charge on any atom is -0.495 e. The van der Waals surface area contributed by atoms with Gasteiger partial charge in [0.1, 0.15) is 5.75 Å². The van der Waals surface area contributed by atoms with Crippen LogP contribution in [0.15, 0.2) is 65.6 Å². The van der Waals surface area contributed by atoms with E-state index in [1.165, 1.54) is 13.2 Å². The van der Waals surface area contributed by atoms with E-state index in [1.54, 1.807) is 53.4 Å². The van der Waals surface area contributed by atoms with Gasteiger partial charge < -0.3 is 9.64 Å². The maximum atomic E-state index is 13.1. The lowest BCUT2D eigenvalue weighted by atomic mass is 10.0. The van der Waals surface area contributed by atoms with E-state index in [1.807, 2.05) is 13.0 Å². The van der Waals surface area contributed by atoms with Gasteiger partial charge >= 0.3 is 0 Å². The third-order valence-electron chi connectivity index (χ3n) is 5.42. The number of aryl methyl sites for hydroxylation is 2. The molecular formula is C24H23ClN2O4S. The van der Waals surface area contributed by atoms with E-state index in [2.05, 4.69) is 4.72 Å². The van der Waals surface area contributed by atoms with Gasteiger partial charge in [0.25, 0.3) is 15.9 Å². The van der Waals surface area contributed by atoms with Crippen molar-refractivity contribution in [3.63, 3.8) is 0 Å². The van der Waals surface area contributed by atoms with Gasteiger partial charge in [0.05, 0.1) is 17.7 Å². The predicted molar refractivity (Wildman–Crippen MR) is 126 cm³/mol. The highest BCUT2D eigenvalue weighted by atomic mass is 35.5. The van der Waals surface area contributed by atoms with Crippen molar-refractivity contribution < 1.29 is 17.9 Å². The minimum atomic E-state index is -3.84. The highest BCUT2D eigenvalue weighted by molar-refractivity contribution is 7.92. The first-order valence-corrected chi connectivity index (χ1v) is 12.0. The number of hydrogen-bond donors (Lipinski definition) is 1. The van der Waals surface area contributed by atoms with E-state index in [0.717, 1.165) is 23.2 Å². The number of anilines is 2. The van der Waals surface area contributed by atoms with Crippen molar-refractivity contribution in [1.82, 2.24) is 0 Å². The Bertz CT molecular complexity index is 1270. The molecule has 1 heterocycles. The van der Waals surface area contributed by atoms with E-state index in [-0.39, 0.29) is 10.8 Å². The Hall–Kier alpha value is -3.03. The number of rotatable bonds is 5. The van der Waals surface area contributed by atoms with Crippen LogP contribution in [0.5, 0.6) is 5.75 Å². The van der Waals surface area contributed by atoms with Crippen LogP contribution in [0.3, 0.4) is 0 Å². The number of nitrogens with zero attached hydrogens (tertiary/aromatic N) is 1. The molecule has 6 nitrogen and oxygen atoms in total. The largest absolute Gasteiger partial charge is 0.495 e. The fourth-order valence-corrected chi connectivity index (χ4v) is 5.04. The molecule has 1 N–H and O–H groups in total. The van der Waals surface area contributed by atoms with Crippen LogP contribution >= 0.6 is 11.6 Å². The normalized spacial score (nSPS) is 13.4. The first-order valence-electron chi connectivity index (χ1n) is 10.2. The van der Waals surface area contributed by atoms with Gasteiger partial charge in [0.2, 0.25) is 0 Å². The topological polar surface area (TPSA) is 75.7 Å². The summed E-state index contributed by atoms with van der Waals surface area (Å²) in [6.07, 6.45) is 1.44. The molecule has 1 aliphatic rings. The van der Waals surface area contributed by atoms with Crippen molar-refractivity contribution in [3.8, 4) is 5.75 Å². The van der Waals surface area contributed by atoms with E-state index in [0.29, 0.717) is 35.0 Å². The zero-order chi connectivity index (χ0) is 22.9. The number of nitrogens with one attached hydrogen (secondary N) is 1. The molecule has 4 rings (SSSR count). The highest BCUT2D eigenvalue weighted by Gasteiger charge is 2.26. The van der Waals surface area contributed by atoms with Gasteiger partial charge in [-0.1, -0.05) is 17.7 Å². The van der Waals surface area contributed by atoms with Gasteiger partial charge in [-0.25, -0.2) is 8.42 Å². The first-order chi connectivity index (χ1) is 15.3. The predicted octanol–water partition coefficient (Wildman–Crippen LogP) is 5.05. The molecule has 0 aliphatic carbocycles. The Balaban J connectivity index is 1.64. The van der Waals surface area contributed by atoms with Gasteiger partial charge in [0, 0.05) is 22.8 Å². The SMILES string of the molecule is COc1ccc(C)cc1NS(=O)(=O)c1ccc2c(c1)CCCN2C(=O)c1ccc(Cl)cc1. The third-order valence-corrected chi connectivity index (χ3v) is 7.03. The van der Waals surface area contributed by atoms with E-state index < -0.39 is 10.0 Å². The van der Waals surface area contributed by atoms with Crippen LogP contribution in [0.1, 0.15) is 27.9 Å². The van der Waals surface area contributed by atoms with E-state index >= 15 is 0 Å². The summed E-state index contributed by atoms with van der Waals surface area (Å²) < 4.78 is 34.1. The molecule has 1 aliphatic heterocycles. The van der Waals surface area contributed by atoms with Crippen LogP contribution in [-0.4, -0.2) is 28.0 Å². The Morgan fingerprint density at radius 1 is 1.06 bits per heavy atom. The van der Waals surface area contributed by atoms with E-state index in [4.69, 9.17) is 16.3 Å². The maximum absolute atomic E-state index is 13.1. The Morgan fingerprint density at radius 3 is 2.53 bits per heavy atom. The smallest absolute Gasteiger partial charge is 0.262 e. The number of carbonyl (C=O) groups is 1. The fourth-order valence-electron chi connectivity index (χ4n) is 3.81. The molecule has 0 saturated carbocycles. The summed E-state index contributed by atoms with van der Waals surface area (Å²) in [7, 11) is -2.35. The third kappa shape index (κ3) is 4.45. The van der Waals surface area contributed by atoms with E-state index in [9.17, 15) is 13.2 Å². The van der Waals surface area contributed by atoms with Crippen molar-refractivity contribution in [2.75, 3.05) is 23.3 Å². The van der Waals surface area contributed by atoms with Crippen molar-refractivity contribution in [2.45, 2.75) is 24.7 Å². The van der Waals surface area contributed by atoms with Crippen molar-refractivity contribution in [2.24, 2.45) is 0 Å². The average Bonchev–Trinajstić information content (AvgIpc) is 2.78. The monoisotopic (exact) mass is 470 g/mol. The average molecular weight is 471 g/mol. The lowest BCUT2D eigenvalue weighted by Gasteiger charge is -2.30. The lowest BCUT2D eigenvalue weighted by molar-refractivity contribution is 0.0985. The molecule has 166 valence electrons. The van der Waals surface area contributed by atoms with Gasteiger partial charge in [-0.15, -0.1) is 0 Å². The highest BCUT2D eigenvalue weighted by Crippen LogP contribution is 2.33. The molecule has 0 spiro atoms. The number of sulfonamides is 1. The standard InChI is InChI=1S/C24H23ClN2O4S/c1-16-5-12-23(31-2)21(14-16)26-32(29,30)20-10-11-22-18(15-20)4-3-13-27(22)24(28)17-6-8-19(25)9-7-17/h5-12,14-15,26H,3-4,13H2,1-2H3. The van der Waals surface area contributed by atoms with Gasteiger partial charge in [-0.05, 0) is 85.5 Å². The van der Waals surface area contributed by atoms with Crippen LogP contribution in [0.25, 0.3) is 0 Å². The Kier molecular flexibility index (Phi) is 6.13. The molecule has 0 fully saturated rings. The van der Waals surface area contributed by atoms with Crippen molar-refractivity contribution >= 4 is 38.9 Å². The second kappa shape index (κ2) is 8.84. The zero-order valence-electron chi connectivity index (χ0n) is 17.8. The van der Waals surface area contributed by atoms with Crippen LogP contribution < -0.4 is 14.4 Å². The molecule has 0 atom stereocenters. The summed E-state index contributed by atoms with van der Waals surface area (Å²) in [5.74, 6) is 0.303. The first kappa shape index (κ1) is 22.2. The Labute approximate surface area is 192 Å². The van der Waals surface area contributed by atoms with Crippen molar-refractivity contribution in [1.29, 1.82) is 0 Å². The van der Waals surface area contributed by atoms with Gasteiger partial charge in [0.15, 0.2) is 0 Å². The molecule has 0 unspecified atom stereocenters. The quantitative estimate of drug-likeness (QED) is 0.566. The molecular weight excluding hydrogens is 448 g/mol. The number of ether oxygens (including phenoxy) is 1. The van der Waals surface area contributed by atoms with Crippen LogP contribution in [-0.2, 0) is 16.4 Å². The summed E-state index contributed by atoms with van der Waals surface area (Å²) in [6, 6.07) is 16.9. The molecule has 8 heteroatoms. The fraction of sp³-hybridized carbons (Fsp3) is 0.208. The van der Waals surface area contributed by atoms with Crippen LogP contribution in [0, 0.1) is 6.92 Å². The maximum Gasteiger partial charge on any atom is 0.262 e.